The van der Waals surface area contributed by atoms with Crippen LogP contribution in [-0.2, 0) is 23.8 Å². The van der Waals surface area contributed by atoms with Gasteiger partial charge in [0.2, 0.25) is 0 Å². The smallest absolute Gasteiger partial charge is 0.303 e. The molecule has 0 aromatic rings. The van der Waals surface area contributed by atoms with Crippen LogP contribution in [0.1, 0.15) is 20.3 Å². The topological polar surface area (TPSA) is 139 Å². The van der Waals surface area contributed by atoms with Gasteiger partial charge in [-0.25, -0.2) is 9.98 Å². The fourth-order valence-electron chi connectivity index (χ4n) is 1.65. The lowest BCUT2D eigenvalue weighted by Gasteiger charge is -2.17. The Kier molecular flexibility index (Phi) is 5.91. The second kappa shape index (κ2) is 7.43. The standard InChI is InChI=1S/C11H18N4O5/c1-6(16)18-4-9-8(19-7(2)17)3-10(20-9)14-5-15-11(12)13/h5,8-10H,3-4H2,1-2H3,(H4,12,13,14,15)/t8-,9?,10-/m1/s1. The summed E-state index contributed by atoms with van der Waals surface area (Å²) in [6.07, 6.45) is -0.165. The minimum Gasteiger partial charge on any atom is -0.463 e. The van der Waals surface area contributed by atoms with Crippen LogP contribution in [0.25, 0.3) is 0 Å². The minimum absolute atomic E-state index is 0.0123. The number of guanidine groups is 1. The van der Waals surface area contributed by atoms with Crippen LogP contribution in [0, 0.1) is 0 Å². The van der Waals surface area contributed by atoms with Crippen LogP contribution in [-0.4, -0.2) is 49.3 Å². The van der Waals surface area contributed by atoms with Gasteiger partial charge < -0.3 is 25.7 Å². The molecule has 1 aliphatic heterocycles. The van der Waals surface area contributed by atoms with Gasteiger partial charge in [0.1, 0.15) is 25.2 Å². The number of nitrogens with two attached hydrogens (primary N) is 2. The van der Waals surface area contributed by atoms with Crippen LogP contribution in [0.4, 0.5) is 0 Å². The maximum atomic E-state index is 11.0. The van der Waals surface area contributed by atoms with Crippen molar-refractivity contribution >= 4 is 24.2 Å². The third kappa shape index (κ3) is 5.65. The molecule has 0 aliphatic carbocycles. The number of carbonyl (C=O) groups excluding carboxylic acids is 2. The number of nitrogens with zero attached hydrogens (tertiary/aromatic N) is 2. The summed E-state index contributed by atoms with van der Waals surface area (Å²) in [6.45, 7) is 2.56. The van der Waals surface area contributed by atoms with Crippen LogP contribution in [0.15, 0.2) is 9.98 Å². The van der Waals surface area contributed by atoms with E-state index in [-0.39, 0.29) is 12.6 Å². The molecule has 0 saturated carbocycles. The number of esters is 2. The Balaban J connectivity index is 2.61. The molecule has 4 N–H and O–H groups in total. The summed E-state index contributed by atoms with van der Waals surface area (Å²) < 4.78 is 15.5. The molecule has 20 heavy (non-hydrogen) atoms. The Labute approximate surface area is 116 Å². The Hall–Kier alpha value is -2.16. The monoisotopic (exact) mass is 286 g/mol. The predicted octanol–water partition coefficient (Wildman–Crippen LogP) is -1.10. The van der Waals surface area contributed by atoms with Crippen LogP contribution in [0.5, 0.6) is 0 Å². The van der Waals surface area contributed by atoms with Crippen LogP contribution in [0.2, 0.25) is 0 Å². The van der Waals surface area contributed by atoms with Crippen molar-refractivity contribution < 1.29 is 23.8 Å². The number of rotatable bonds is 5. The van der Waals surface area contributed by atoms with Crippen LogP contribution in [0.3, 0.4) is 0 Å². The Morgan fingerprint density at radius 1 is 1.35 bits per heavy atom. The lowest BCUT2D eigenvalue weighted by Crippen LogP contribution is -2.31. The Morgan fingerprint density at radius 2 is 2.05 bits per heavy atom. The highest BCUT2D eigenvalue weighted by Gasteiger charge is 2.38. The van der Waals surface area contributed by atoms with Crippen molar-refractivity contribution in [2.75, 3.05) is 6.61 Å². The molecule has 1 rings (SSSR count). The zero-order chi connectivity index (χ0) is 15.1. The first-order valence-corrected chi connectivity index (χ1v) is 5.95. The quantitative estimate of drug-likeness (QED) is 0.371. The zero-order valence-corrected chi connectivity index (χ0v) is 11.3. The lowest BCUT2D eigenvalue weighted by molar-refractivity contribution is -0.154. The normalized spacial score (nSPS) is 25.4. The highest BCUT2D eigenvalue weighted by atomic mass is 16.6. The first-order valence-electron chi connectivity index (χ1n) is 5.95. The maximum Gasteiger partial charge on any atom is 0.303 e. The van der Waals surface area contributed by atoms with Gasteiger partial charge in [0.25, 0.3) is 0 Å². The molecule has 1 aliphatic rings. The molecule has 0 aromatic carbocycles. The first-order chi connectivity index (χ1) is 9.38. The van der Waals surface area contributed by atoms with E-state index in [0.717, 1.165) is 0 Å². The summed E-state index contributed by atoms with van der Waals surface area (Å²) in [5, 5.41) is 0. The molecule has 9 heteroatoms. The highest BCUT2D eigenvalue weighted by Crippen LogP contribution is 2.24. The molecule has 0 spiro atoms. The molecule has 0 radical (unpaired) electrons. The second-order valence-electron chi connectivity index (χ2n) is 4.13. The average molecular weight is 286 g/mol. The summed E-state index contributed by atoms with van der Waals surface area (Å²) in [5.41, 5.74) is 10.3. The van der Waals surface area contributed by atoms with E-state index in [0.29, 0.717) is 6.42 Å². The molecule has 9 nitrogen and oxygen atoms in total. The van der Waals surface area contributed by atoms with Crippen molar-refractivity contribution in [2.45, 2.75) is 38.7 Å². The van der Waals surface area contributed by atoms with Crippen molar-refractivity contribution in [1.82, 2.24) is 0 Å². The molecule has 1 saturated heterocycles. The summed E-state index contributed by atoms with van der Waals surface area (Å²) in [4.78, 5) is 29.4. The van der Waals surface area contributed by atoms with Crippen molar-refractivity contribution in [3.63, 3.8) is 0 Å². The number of hydrogen-bond donors (Lipinski definition) is 2. The summed E-state index contributed by atoms with van der Waals surface area (Å²) in [6, 6.07) is 0. The molecular weight excluding hydrogens is 268 g/mol. The first kappa shape index (κ1) is 15.9. The SMILES string of the molecule is CC(=O)OCC1O[C@@H](/N=C/N=C(N)N)C[C@H]1OC(C)=O. The van der Waals surface area contributed by atoms with E-state index in [1.807, 2.05) is 0 Å². The molecule has 3 atom stereocenters. The number of carbonyl (C=O) groups is 2. The van der Waals surface area contributed by atoms with Gasteiger partial charge in [0.15, 0.2) is 12.2 Å². The van der Waals surface area contributed by atoms with Gasteiger partial charge in [-0.1, -0.05) is 0 Å². The maximum absolute atomic E-state index is 11.0. The van der Waals surface area contributed by atoms with Crippen molar-refractivity contribution in [2.24, 2.45) is 21.5 Å². The van der Waals surface area contributed by atoms with E-state index in [2.05, 4.69) is 9.98 Å². The number of ether oxygens (including phenoxy) is 3. The zero-order valence-electron chi connectivity index (χ0n) is 11.3. The third-order valence-corrected chi connectivity index (χ3v) is 2.39. The van der Waals surface area contributed by atoms with Gasteiger partial charge >= 0.3 is 11.9 Å². The molecule has 1 heterocycles. The van der Waals surface area contributed by atoms with Crippen LogP contribution >= 0.6 is 0 Å². The average Bonchev–Trinajstić information content (AvgIpc) is 2.67. The number of hydrogen-bond acceptors (Lipinski definition) is 6. The van der Waals surface area contributed by atoms with Gasteiger partial charge in [0, 0.05) is 20.3 Å². The fourth-order valence-corrected chi connectivity index (χ4v) is 1.65. The van der Waals surface area contributed by atoms with Gasteiger partial charge in [-0.2, -0.15) is 0 Å². The predicted molar refractivity (Wildman–Crippen MR) is 69.8 cm³/mol. The van der Waals surface area contributed by atoms with Gasteiger partial charge in [-0.15, -0.1) is 0 Å². The van der Waals surface area contributed by atoms with E-state index in [9.17, 15) is 9.59 Å². The summed E-state index contributed by atoms with van der Waals surface area (Å²) in [5.74, 6) is -1.01. The summed E-state index contributed by atoms with van der Waals surface area (Å²) in [7, 11) is 0. The highest BCUT2D eigenvalue weighted by molar-refractivity contribution is 5.83. The van der Waals surface area contributed by atoms with E-state index < -0.39 is 30.4 Å². The lowest BCUT2D eigenvalue weighted by atomic mass is 10.2. The Morgan fingerprint density at radius 3 is 2.60 bits per heavy atom. The fraction of sp³-hybridized carbons (Fsp3) is 0.636. The van der Waals surface area contributed by atoms with E-state index in [4.69, 9.17) is 25.7 Å². The van der Waals surface area contributed by atoms with E-state index in [1.165, 1.54) is 20.2 Å². The molecular formula is C11H18N4O5. The third-order valence-electron chi connectivity index (χ3n) is 2.39. The second-order valence-corrected chi connectivity index (χ2v) is 4.13. The molecule has 1 fully saturated rings. The Bertz CT molecular complexity index is 419. The molecule has 0 amide bonds. The summed E-state index contributed by atoms with van der Waals surface area (Å²) >= 11 is 0. The van der Waals surface area contributed by atoms with Gasteiger partial charge in [0.05, 0.1) is 0 Å². The van der Waals surface area contributed by atoms with Gasteiger partial charge in [-0.05, 0) is 0 Å². The van der Waals surface area contributed by atoms with Gasteiger partial charge in [-0.3, -0.25) is 9.59 Å². The number of aliphatic imine (C=N–C) groups is 2. The van der Waals surface area contributed by atoms with E-state index >= 15 is 0 Å². The molecule has 0 bridgehead atoms. The van der Waals surface area contributed by atoms with Crippen molar-refractivity contribution in [1.29, 1.82) is 0 Å². The largest absolute Gasteiger partial charge is 0.463 e. The molecule has 112 valence electrons. The van der Waals surface area contributed by atoms with Crippen molar-refractivity contribution in [3.05, 3.63) is 0 Å². The minimum atomic E-state index is -0.567. The molecule has 0 aromatic heterocycles. The van der Waals surface area contributed by atoms with Crippen LogP contribution < -0.4 is 11.5 Å². The van der Waals surface area contributed by atoms with E-state index in [1.54, 1.807) is 0 Å². The molecule has 1 unspecified atom stereocenters. The van der Waals surface area contributed by atoms with Crippen molar-refractivity contribution in [3.8, 4) is 0 Å².